The molecule has 4 nitrogen and oxygen atoms in total. The summed E-state index contributed by atoms with van der Waals surface area (Å²) in [6.45, 7) is 2.78. The van der Waals surface area contributed by atoms with Crippen molar-refractivity contribution in [1.82, 2.24) is 0 Å². The monoisotopic (exact) mass is 223 g/mol. The van der Waals surface area contributed by atoms with Crippen LogP contribution in [0.2, 0.25) is 0 Å². The zero-order valence-corrected chi connectivity index (χ0v) is 9.44. The molecule has 1 aromatic rings. The fourth-order valence-corrected chi connectivity index (χ4v) is 1.27. The number of carboxylic acids is 1. The van der Waals surface area contributed by atoms with Crippen LogP contribution >= 0.6 is 0 Å². The number of benzene rings is 1. The van der Waals surface area contributed by atoms with Crippen LogP contribution in [0.3, 0.4) is 0 Å². The molecule has 0 spiro atoms. The summed E-state index contributed by atoms with van der Waals surface area (Å²) < 4.78 is 5.46. The van der Waals surface area contributed by atoms with Crippen LogP contribution in [-0.2, 0) is 4.79 Å². The molecule has 0 fully saturated rings. The van der Waals surface area contributed by atoms with Gasteiger partial charge in [0, 0.05) is 5.56 Å². The molecule has 3 N–H and O–H groups in total. The number of hydrogen-bond donors (Lipinski definition) is 1. The van der Waals surface area contributed by atoms with Crippen molar-refractivity contribution in [3.05, 3.63) is 29.8 Å². The summed E-state index contributed by atoms with van der Waals surface area (Å²) >= 11 is 0. The molecule has 0 aliphatic carbocycles. The molecular formula is C12H17NO3. The Balaban J connectivity index is 2.57. The lowest BCUT2D eigenvalue weighted by Crippen LogP contribution is -2.60. The van der Waals surface area contributed by atoms with Crippen molar-refractivity contribution in [2.75, 3.05) is 6.61 Å². The first-order chi connectivity index (χ1) is 7.65. The van der Waals surface area contributed by atoms with E-state index in [0.29, 0.717) is 12.2 Å². The van der Waals surface area contributed by atoms with Gasteiger partial charge in [0.15, 0.2) is 6.04 Å². The van der Waals surface area contributed by atoms with Gasteiger partial charge in [0.2, 0.25) is 0 Å². The third-order valence-electron chi connectivity index (χ3n) is 2.33. The minimum Gasteiger partial charge on any atom is -0.544 e. The largest absolute Gasteiger partial charge is 0.544 e. The maximum absolute atomic E-state index is 10.6. The van der Waals surface area contributed by atoms with Gasteiger partial charge >= 0.3 is 0 Å². The second kappa shape index (κ2) is 6.12. The van der Waals surface area contributed by atoms with Gasteiger partial charge in [-0.1, -0.05) is 13.3 Å². The highest BCUT2D eigenvalue weighted by Crippen LogP contribution is 2.15. The van der Waals surface area contributed by atoms with Crippen molar-refractivity contribution in [3.63, 3.8) is 0 Å². The highest BCUT2D eigenvalue weighted by atomic mass is 16.5. The summed E-state index contributed by atoms with van der Waals surface area (Å²) in [7, 11) is 0. The topological polar surface area (TPSA) is 77.0 Å². The molecule has 4 heteroatoms. The van der Waals surface area contributed by atoms with Gasteiger partial charge in [-0.15, -0.1) is 0 Å². The van der Waals surface area contributed by atoms with Crippen LogP contribution in [0, 0.1) is 0 Å². The smallest absolute Gasteiger partial charge is 0.150 e. The van der Waals surface area contributed by atoms with Crippen LogP contribution in [0.25, 0.3) is 0 Å². The van der Waals surface area contributed by atoms with E-state index >= 15 is 0 Å². The third-order valence-corrected chi connectivity index (χ3v) is 2.33. The second-order valence-corrected chi connectivity index (χ2v) is 3.64. The number of carboxylic acid groups (broad SMARTS) is 1. The predicted molar refractivity (Wildman–Crippen MR) is 57.5 cm³/mol. The molecule has 1 aromatic carbocycles. The van der Waals surface area contributed by atoms with Crippen LogP contribution in [-0.4, -0.2) is 12.6 Å². The normalized spacial score (nSPS) is 12.1. The molecule has 88 valence electrons. The average molecular weight is 223 g/mol. The van der Waals surface area contributed by atoms with Crippen molar-refractivity contribution in [2.24, 2.45) is 0 Å². The van der Waals surface area contributed by atoms with E-state index in [-0.39, 0.29) is 0 Å². The first kappa shape index (κ1) is 12.5. The molecule has 0 aliphatic heterocycles. The van der Waals surface area contributed by atoms with Crippen LogP contribution < -0.4 is 15.6 Å². The van der Waals surface area contributed by atoms with Crippen molar-refractivity contribution >= 4 is 5.97 Å². The standard InChI is InChI=1S/C12H17NO3/c1-2-3-8-16-10-6-4-9(5-7-10)11(13)12(14)15/h4-7,11H,2-3,8,13H2,1H3,(H,14,15)/t11-/m1/s1. The first-order valence-electron chi connectivity index (χ1n) is 5.42. The Morgan fingerprint density at radius 2 is 2.06 bits per heavy atom. The van der Waals surface area contributed by atoms with E-state index in [0.717, 1.165) is 18.6 Å². The molecular weight excluding hydrogens is 206 g/mol. The molecule has 0 aromatic heterocycles. The van der Waals surface area contributed by atoms with E-state index in [1.54, 1.807) is 24.3 Å². The van der Waals surface area contributed by atoms with Crippen LogP contribution in [0.5, 0.6) is 5.75 Å². The minimum absolute atomic E-state index is 0.628. The zero-order chi connectivity index (χ0) is 12.0. The molecule has 0 radical (unpaired) electrons. The Bertz CT molecular complexity index is 335. The molecule has 0 heterocycles. The van der Waals surface area contributed by atoms with Gasteiger partial charge in [0.1, 0.15) is 11.7 Å². The number of hydrogen-bond acceptors (Lipinski definition) is 3. The van der Waals surface area contributed by atoms with Gasteiger partial charge in [-0.2, -0.15) is 0 Å². The van der Waals surface area contributed by atoms with Gasteiger partial charge < -0.3 is 20.4 Å². The number of quaternary nitrogens is 1. The van der Waals surface area contributed by atoms with E-state index < -0.39 is 12.0 Å². The van der Waals surface area contributed by atoms with Crippen LogP contribution in [0.1, 0.15) is 31.4 Å². The second-order valence-electron chi connectivity index (χ2n) is 3.64. The SMILES string of the molecule is CCCCOc1ccc([C@@H]([NH3+])C(=O)[O-])cc1. The zero-order valence-electron chi connectivity index (χ0n) is 9.44. The summed E-state index contributed by atoms with van der Waals surface area (Å²) in [4.78, 5) is 10.6. The number of rotatable bonds is 6. The molecule has 16 heavy (non-hydrogen) atoms. The number of aliphatic carboxylic acids is 1. The van der Waals surface area contributed by atoms with E-state index in [1.807, 2.05) is 0 Å². The molecule has 0 aliphatic rings. The summed E-state index contributed by atoms with van der Waals surface area (Å²) in [6.07, 6.45) is 2.10. The molecule has 0 unspecified atom stereocenters. The van der Waals surface area contributed by atoms with E-state index in [2.05, 4.69) is 12.7 Å². The Morgan fingerprint density at radius 1 is 1.44 bits per heavy atom. The molecule has 1 rings (SSSR count). The number of unbranched alkanes of at least 4 members (excludes halogenated alkanes) is 1. The number of carbonyl (C=O) groups is 1. The van der Waals surface area contributed by atoms with Crippen molar-refractivity contribution in [1.29, 1.82) is 0 Å². The summed E-state index contributed by atoms with van der Waals surface area (Å²) in [6, 6.07) is 6.09. The van der Waals surface area contributed by atoms with Crippen LogP contribution in [0.4, 0.5) is 0 Å². The summed E-state index contributed by atoms with van der Waals surface area (Å²) in [5.41, 5.74) is 4.14. The van der Waals surface area contributed by atoms with Gasteiger partial charge in [0.05, 0.1) is 6.61 Å². The Hall–Kier alpha value is -1.55. The van der Waals surface area contributed by atoms with Crippen molar-refractivity contribution in [2.45, 2.75) is 25.8 Å². The maximum atomic E-state index is 10.6. The first-order valence-corrected chi connectivity index (χ1v) is 5.42. The van der Waals surface area contributed by atoms with E-state index in [4.69, 9.17) is 4.74 Å². The Kier molecular flexibility index (Phi) is 4.79. The maximum Gasteiger partial charge on any atom is 0.150 e. The minimum atomic E-state index is -1.17. The van der Waals surface area contributed by atoms with Crippen molar-refractivity contribution in [3.8, 4) is 5.75 Å². The molecule has 0 amide bonds. The lowest BCUT2D eigenvalue weighted by Gasteiger charge is -2.10. The van der Waals surface area contributed by atoms with Gasteiger partial charge in [0.25, 0.3) is 0 Å². The summed E-state index contributed by atoms with van der Waals surface area (Å²) in [5.74, 6) is -0.414. The molecule has 0 saturated carbocycles. The highest BCUT2D eigenvalue weighted by molar-refractivity contribution is 5.71. The Labute approximate surface area is 95.0 Å². The quantitative estimate of drug-likeness (QED) is 0.684. The average Bonchev–Trinajstić information content (AvgIpc) is 2.29. The van der Waals surface area contributed by atoms with E-state index in [1.165, 1.54) is 0 Å². The predicted octanol–water partition coefficient (Wildman–Crippen LogP) is -0.102. The molecule has 1 atom stereocenters. The van der Waals surface area contributed by atoms with Gasteiger partial charge in [-0.25, -0.2) is 0 Å². The van der Waals surface area contributed by atoms with Gasteiger partial charge in [-0.3, -0.25) is 0 Å². The van der Waals surface area contributed by atoms with Crippen molar-refractivity contribution < 1.29 is 20.4 Å². The fourth-order valence-electron chi connectivity index (χ4n) is 1.27. The highest BCUT2D eigenvalue weighted by Gasteiger charge is 2.09. The number of ether oxygens (including phenoxy) is 1. The molecule has 0 saturated heterocycles. The third kappa shape index (κ3) is 3.55. The molecule has 0 bridgehead atoms. The van der Waals surface area contributed by atoms with Gasteiger partial charge in [-0.05, 0) is 30.7 Å². The lowest BCUT2D eigenvalue weighted by molar-refractivity contribution is -0.443. The number of carbonyl (C=O) groups excluding carboxylic acids is 1. The Morgan fingerprint density at radius 3 is 2.56 bits per heavy atom. The lowest BCUT2D eigenvalue weighted by atomic mass is 10.1. The summed E-state index contributed by atoms with van der Waals surface area (Å²) in [5, 5.41) is 10.6. The fraction of sp³-hybridized carbons (Fsp3) is 0.417. The van der Waals surface area contributed by atoms with Crippen LogP contribution in [0.15, 0.2) is 24.3 Å². The van der Waals surface area contributed by atoms with E-state index in [9.17, 15) is 9.90 Å².